The van der Waals surface area contributed by atoms with Gasteiger partial charge in [-0.15, -0.1) is 0 Å². The van der Waals surface area contributed by atoms with Crippen LogP contribution in [0.2, 0.25) is 5.02 Å². The van der Waals surface area contributed by atoms with Crippen molar-refractivity contribution in [3.8, 4) is 6.07 Å². The SMILES string of the molecule is Cc1c(CC#N)c2c(Cl)cccc2n1OS(C)=O. The van der Waals surface area contributed by atoms with Gasteiger partial charge in [-0.2, -0.15) is 9.99 Å². The van der Waals surface area contributed by atoms with Gasteiger partial charge in [0.25, 0.3) is 0 Å². The first kappa shape index (κ1) is 12.9. The maximum atomic E-state index is 11.2. The van der Waals surface area contributed by atoms with E-state index in [4.69, 9.17) is 21.1 Å². The molecule has 4 nitrogen and oxygen atoms in total. The number of benzene rings is 1. The Balaban J connectivity index is 2.79. The van der Waals surface area contributed by atoms with E-state index in [9.17, 15) is 4.21 Å². The summed E-state index contributed by atoms with van der Waals surface area (Å²) in [7, 11) is 0. The van der Waals surface area contributed by atoms with Crippen molar-refractivity contribution >= 4 is 33.6 Å². The quantitative estimate of drug-likeness (QED) is 0.868. The maximum Gasteiger partial charge on any atom is 0.227 e. The molecule has 0 aliphatic carbocycles. The minimum Gasteiger partial charge on any atom is -0.311 e. The molecule has 0 N–H and O–H groups in total. The van der Waals surface area contributed by atoms with E-state index in [1.54, 1.807) is 12.1 Å². The van der Waals surface area contributed by atoms with E-state index in [1.165, 1.54) is 11.0 Å². The summed E-state index contributed by atoms with van der Waals surface area (Å²) in [5.74, 6) is 0. The fraction of sp³-hybridized carbons (Fsp3) is 0.250. The number of rotatable bonds is 3. The summed E-state index contributed by atoms with van der Waals surface area (Å²) in [5, 5.41) is 10.2. The first-order valence-corrected chi connectivity index (χ1v) is 7.10. The molecule has 0 saturated carbocycles. The van der Waals surface area contributed by atoms with Gasteiger partial charge in [0.15, 0.2) is 0 Å². The minimum absolute atomic E-state index is 0.235. The number of halogens is 1. The zero-order valence-corrected chi connectivity index (χ0v) is 11.5. The summed E-state index contributed by atoms with van der Waals surface area (Å²) in [5.41, 5.74) is 2.28. The molecule has 6 heteroatoms. The molecule has 2 rings (SSSR count). The topological polar surface area (TPSA) is 55.0 Å². The second-order valence-electron chi connectivity index (χ2n) is 3.80. The highest BCUT2D eigenvalue weighted by Crippen LogP contribution is 2.31. The zero-order valence-electron chi connectivity index (χ0n) is 9.94. The molecule has 0 amide bonds. The Morgan fingerprint density at radius 3 is 2.89 bits per heavy atom. The third-order valence-corrected chi connectivity index (χ3v) is 3.36. The van der Waals surface area contributed by atoms with Crippen molar-refractivity contribution in [2.75, 3.05) is 6.26 Å². The molecule has 0 fully saturated rings. The summed E-state index contributed by atoms with van der Waals surface area (Å²) in [4.78, 5) is 0. The number of aromatic nitrogens is 1. The van der Waals surface area contributed by atoms with Gasteiger partial charge in [-0.25, -0.2) is 4.21 Å². The van der Waals surface area contributed by atoms with Crippen LogP contribution in [0.3, 0.4) is 0 Å². The molecular formula is C12H11ClN2O2S. The molecule has 2 aromatic rings. The third-order valence-electron chi connectivity index (χ3n) is 2.69. The average Bonchev–Trinajstić information content (AvgIpc) is 2.56. The van der Waals surface area contributed by atoms with Gasteiger partial charge in [0, 0.05) is 5.39 Å². The molecule has 1 aromatic heterocycles. The summed E-state index contributed by atoms with van der Waals surface area (Å²) >= 11 is 4.72. The Bertz CT molecular complexity index is 673. The molecular weight excluding hydrogens is 272 g/mol. The van der Waals surface area contributed by atoms with Crippen LogP contribution in [0.25, 0.3) is 10.9 Å². The van der Waals surface area contributed by atoms with E-state index in [0.29, 0.717) is 5.02 Å². The molecule has 18 heavy (non-hydrogen) atoms. The van der Waals surface area contributed by atoms with Crippen LogP contribution in [-0.2, 0) is 17.5 Å². The lowest BCUT2D eigenvalue weighted by molar-refractivity contribution is 0.311. The van der Waals surface area contributed by atoms with Crippen molar-refractivity contribution in [1.29, 1.82) is 5.26 Å². The summed E-state index contributed by atoms with van der Waals surface area (Å²) in [6, 6.07) is 7.48. The van der Waals surface area contributed by atoms with Crippen molar-refractivity contribution in [3.05, 3.63) is 34.5 Å². The van der Waals surface area contributed by atoms with Gasteiger partial charge in [-0.1, -0.05) is 17.7 Å². The first-order chi connectivity index (χ1) is 8.56. The summed E-state index contributed by atoms with van der Waals surface area (Å²) in [6.45, 7) is 1.82. The van der Waals surface area contributed by atoms with Gasteiger partial charge in [0.05, 0.1) is 35.0 Å². The van der Waals surface area contributed by atoms with Crippen LogP contribution in [0.4, 0.5) is 0 Å². The third kappa shape index (κ3) is 2.09. The van der Waals surface area contributed by atoms with Gasteiger partial charge in [0.2, 0.25) is 11.1 Å². The second-order valence-corrected chi connectivity index (χ2v) is 5.16. The van der Waals surface area contributed by atoms with Crippen molar-refractivity contribution in [2.45, 2.75) is 13.3 Å². The lowest BCUT2D eigenvalue weighted by atomic mass is 10.1. The monoisotopic (exact) mass is 282 g/mol. The smallest absolute Gasteiger partial charge is 0.227 e. The largest absolute Gasteiger partial charge is 0.311 e. The van der Waals surface area contributed by atoms with Crippen LogP contribution in [0.1, 0.15) is 11.3 Å². The van der Waals surface area contributed by atoms with Crippen LogP contribution in [-0.4, -0.2) is 15.2 Å². The van der Waals surface area contributed by atoms with E-state index in [0.717, 1.165) is 22.2 Å². The second kappa shape index (κ2) is 5.01. The Kier molecular flexibility index (Phi) is 3.60. The Morgan fingerprint density at radius 1 is 1.56 bits per heavy atom. The molecule has 0 bridgehead atoms. The van der Waals surface area contributed by atoms with Crippen molar-refractivity contribution in [2.24, 2.45) is 0 Å². The number of fused-ring (bicyclic) bond motifs is 1. The first-order valence-electron chi connectivity index (χ1n) is 5.24. The predicted octanol–water partition coefficient (Wildman–Crippen LogP) is 2.39. The van der Waals surface area contributed by atoms with Crippen LogP contribution in [0, 0.1) is 18.3 Å². The zero-order chi connectivity index (χ0) is 13.3. The van der Waals surface area contributed by atoms with Crippen LogP contribution in [0.15, 0.2) is 18.2 Å². The predicted molar refractivity (Wildman–Crippen MR) is 71.6 cm³/mol. The Morgan fingerprint density at radius 2 is 2.28 bits per heavy atom. The van der Waals surface area contributed by atoms with Gasteiger partial charge in [0.1, 0.15) is 0 Å². The summed E-state index contributed by atoms with van der Waals surface area (Å²) < 4.78 is 18.0. The van der Waals surface area contributed by atoms with Crippen LogP contribution < -0.4 is 4.28 Å². The molecule has 1 unspecified atom stereocenters. The molecule has 1 atom stereocenters. The number of hydrogen-bond donors (Lipinski definition) is 0. The Labute approximate surface area is 112 Å². The van der Waals surface area contributed by atoms with E-state index < -0.39 is 11.1 Å². The molecule has 1 aromatic carbocycles. The molecule has 94 valence electrons. The van der Waals surface area contributed by atoms with Crippen LogP contribution >= 0.6 is 11.6 Å². The highest BCUT2D eigenvalue weighted by Gasteiger charge is 2.17. The van der Waals surface area contributed by atoms with Gasteiger partial charge >= 0.3 is 0 Å². The highest BCUT2D eigenvalue weighted by molar-refractivity contribution is 7.79. The standard InChI is InChI=1S/C12H11ClN2O2S/c1-8-9(6-7-14)12-10(13)4-3-5-11(12)15(8)17-18(2)16/h3-5H,6H2,1-2H3. The summed E-state index contributed by atoms with van der Waals surface area (Å²) in [6.07, 6.45) is 1.68. The van der Waals surface area contributed by atoms with E-state index in [1.807, 2.05) is 13.0 Å². The van der Waals surface area contributed by atoms with Crippen molar-refractivity contribution in [1.82, 2.24) is 4.73 Å². The van der Waals surface area contributed by atoms with E-state index in [-0.39, 0.29) is 6.42 Å². The van der Waals surface area contributed by atoms with Crippen LogP contribution in [0.5, 0.6) is 0 Å². The van der Waals surface area contributed by atoms with Gasteiger partial charge in [-0.05, 0) is 24.6 Å². The van der Waals surface area contributed by atoms with Crippen molar-refractivity contribution < 1.29 is 8.49 Å². The van der Waals surface area contributed by atoms with Gasteiger partial charge < -0.3 is 4.28 Å². The Hall–Kier alpha value is -1.51. The fourth-order valence-corrected chi connectivity index (χ4v) is 2.65. The van der Waals surface area contributed by atoms with E-state index in [2.05, 4.69) is 6.07 Å². The molecule has 0 saturated heterocycles. The lowest BCUT2D eigenvalue weighted by Crippen LogP contribution is -2.14. The number of nitrogens with zero attached hydrogens (tertiary/aromatic N) is 2. The average molecular weight is 283 g/mol. The lowest BCUT2D eigenvalue weighted by Gasteiger charge is -2.06. The highest BCUT2D eigenvalue weighted by atomic mass is 35.5. The normalized spacial score (nSPS) is 12.3. The van der Waals surface area contributed by atoms with Gasteiger partial charge in [-0.3, -0.25) is 0 Å². The number of hydrogen-bond acceptors (Lipinski definition) is 3. The molecule has 0 aliphatic rings. The minimum atomic E-state index is -1.44. The maximum absolute atomic E-state index is 11.2. The molecule has 0 spiro atoms. The van der Waals surface area contributed by atoms with E-state index >= 15 is 0 Å². The molecule has 0 radical (unpaired) electrons. The van der Waals surface area contributed by atoms with Crippen molar-refractivity contribution in [3.63, 3.8) is 0 Å². The molecule has 1 heterocycles. The number of nitriles is 1. The molecule has 0 aliphatic heterocycles. The fourth-order valence-electron chi connectivity index (χ4n) is 1.96.